The van der Waals surface area contributed by atoms with Crippen LogP contribution in [0, 0.1) is 6.92 Å². The largest absolute Gasteiger partial charge is 0.378 e. The Kier molecular flexibility index (Phi) is 4.14. The summed E-state index contributed by atoms with van der Waals surface area (Å²) in [5, 5.41) is 0.153. The molecule has 0 atom stereocenters. The molecule has 1 aliphatic heterocycles. The summed E-state index contributed by atoms with van der Waals surface area (Å²) < 4.78 is 5.32. The van der Waals surface area contributed by atoms with Gasteiger partial charge in [-0.05, 0) is 30.2 Å². The minimum absolute atomic E-state index is 0.153. The van der Waals surface area contributed by atoms with E-state index in [-0.39, 0.29) is 5.28 Å². The summed E-state index contributed by atoms with van der Waals surface area (Å²) in [6.07, 6.45) is 0.842. The number of halogens is 1. The van der Waals surface area contributed by atoms with Crippen LogP contribution >= 0.6 is 22.9 Å². The molecule has 8 heteroatoms. The number of hydrogen-bond donors (Lipinski definition) is 0. The van der Waals surface area contributed by atoms with Crippen molar-refractivity contribution in [2.45, 2.75) is 6.92 Å². The Balaban J connectivity index is 1.98. The molecule has 0 amide bonds. The van der Waals surface area contributed by atoms with Gasteiger partial charge in [0.1, 0.15) is 0 Å². The highest BCUT2D eigenvalue weighted by molar-refractivity contribution is 7.17. The lowest BCUT2D eigenvalue weighted by atomic mass is 10.3. The molecule has 2 aromatic heterocycles. The average molecular weight is 325 g/mol. The SMILES string of the molecule is Cc1cc(-c2nc(Cl)nc(N3CCOCC3)n2)sc1C=O. The maximum absolute atomic E-state index is 11.0. The molecule has 2 aromatic rings. The highest BCUT2D eigenvalue weighted by Crippen LogP contribution is 2.29. The number of thiophene rings is 1. The van der Waals surface area contributed by atoms with E-state index in [0.717, 1.165) is 29.8 Å². The zero-order valence-electron chi connectivity index (χ0n) is 11.4. The molecule has 1 fully saturated rings. The van der Waals surface area contributed by atoms with E-state index >= 15 is 0 Å². The van der Waals surface area contributed by atoms with E-state index in [0.29, 0.717) is 29.9 Å². The van der Waals surface area contributed by atoms with Gasteiger partial charge >= 0.3 is 0 Å². The molecule has 21 heavy (non-hydrogen) atoms. The van der Waals surface area contributed by atoms with Crippen molar-refractivity contribution in [2.75, 3.05) is 31.2 Å². The summed E-state index contributed by atoms with van der Waals surface area (Å²) in [4.78, 5) is 27.3. The fourth-order valence-corrected chi connectivity index (χ4v) is 3.16. The van der Waals surface area contributed by atoms with Crippen molar-refractivity contribution in [3.05, 3.63) is 21.8 Å². The first-order valence-corrected chi connectivity index (χ1v) is 7.67. The Bertz CT molecular complexity index is 670. The molecule has 3 heterocycles. The first-order valence-electron chi connectivity index (χ1n) is 6.47. The minimum atomic E-state index is 0.153. The lowest BCUT2D eigenvalue weighted by molar-refractivity contribution is 0.112. The molecule has 0 unspecified atom stereocenters. The first kappa shape index (κ1) is 14.4. The number of anilines is 1. The molecule has 3 rings (SSSR count). The number of aldehydes is 1. The van der Waals surface area contributed by atoms with Gasteiger partial charge in [-0.2, -0.15) is 15.0 Å². The second-order valence-corrected chi connectivity index (χ2v) is 6.03. The third-order valence-corrected chi connectivity index (χ3v) is 4.50. The van der Waals surface area contributed by atoms with Crippen molar-refractivity contribution in [2.24, 2.45) is 0 Å². The second kappa shape index (κ2) is 6.05. The van der Waals surface area contributed by atoms with Crippen LogP contribution < -0.4 is 4.90 Å². The number of nitrogens with zero attached hydrogens (tertiary/aromatic N) is 4. The summed E-state index contributed by atoms with van der Waals surface area (Å²) >= 11 is 7.37. The molecule has 1 saturated heterocycles. The van der Waals surface area contributed by atoms with Crippen LogP contribution in [0.5, 0.6) is 0 Å². The molecule has 1 aliphatic rings. The van der Waals surface area contributed by atoms with Crippen molar-refractivity contribution in [3.63, 3.8) is 0 Å². The zero-order chi connectivity index (χ0) is 14.8. The number of rotatable bonds is 3. The van der Waals surface area contributed by atoms with Crippen molar-refractivity contribution in [1.29, 1.82) is 0 Å². The Morgan fingerprint density at radius 1 is 1.33 bits per heavy atom. The van der Waals surface area contributed by atoms with Crippen molar-refractivity contribution < 1.29 is 9.53 Å². The number of carbonyl (C=O) groups is 1. The zero-order valence-corrected chi connectivity index (χ0v) is 12.9. The maximum atomic E-state index is 11.0. The number of ether oxygens (including phenoxy) is 1. The fourth-order valence-electron chi connectivity index (χ4n) is 2.08. The van der Waals surface area contributed by atoms with E-state index in [1.54, 1.807) is 0 Å². The summed E-state index contributed by atoms with van der Waals surface area (Å²) in [5.41, 5.74) is 0.912. The third kappa shape index (κ3) is 3.04. The molecule has 0 aromatic carbocycles. The molecule has 0 N–H and O–H groups in total. The fraction of sp³-hybridized carbons (Fsp3) is 0.385. The van der Waals surface area contributed by atoms with Gasteiger partial charge in [0, 0.05) is 13.1 Å². The van der Waals surface area contributed by atoms with Gasteiger partial charge in [-0.15, -0.1) is 11.3 Å². The van der Waals surface area contributed by atoms with Crippen LogP contribution in [0.1, 0.15) is 15.2 Å². The standard InChI is InChI=1S/C13H13ClN4O2S/c1-8-6-9(21-10(8)7-19)11-15-12(14)17-13(16-11)18-2-4-20-5-3-18/h6-7H,2-5H2,1H3. The van der Waals surface area contributed by atoms with Gasteiger partial charge in [0.25, 0.3) is 0 Å². The molecule has 0 spiro atoms. The Hall–Kier alpha value is -1.57. The Labute approximate surface area is 130 Å². The van der Waals surface area contributed by atoms with Crippen LogP contribution in [0.4, 0.5) is 5.95 Å². The van der Waals surface area contributed by atoms with E-state index in [9.17, 15) is 4.79 Å². The van der Waals surface area contributed by atoms with Crippen LogP contribution in [-0.4, -0.2) is 47.5 Å². The van der Waals surface area contributed by atoms with Gasteiger partial charge in [-0.3, -0.25) is 4.79 Å². The van der Waals surface area contributed by atoms with Crippen molar-refractivity contribution in [1.82, 2.24) is 15.0 Å². The maximum Gasteiger partial charge on any atom is 0.230 e. The summed E-state index contributed by atoms with van der Waals surface area (Å²) in [6, 6.07) is 1.89. The predicted molar refractivity (Wildman–Crippen MR) is 81.3 cm³/mol. The number of carbonyl (C=O) groups excluding carboxylic acids is 1. The first-order chi connectivity index (χ1) is 10.2. The third-order valence-electron chi connectivity index (χ3n) is 3.17. The van der Waals surface area contributed by atoms with Gasteiger partial charge in [0.15, 0.2) is 12.1 Å². The molecule has 6 nitrogen and oxygen atoms in total. The van der Waals surface area contributed by atoms with Gasteiger partial charge in [-0.25, -0.2) is 0 Å². The van der Waals surface area contributed by atoms with E-state index in [1.807, 2.05) is 17.9 Å². The van der Waals surface area contributed by atoms with E-state index < -0.39 is 0 Å². The number of aryl methyl sites for hydroxylation is 1. The monoisotopic (exact) mass is 324 g/mol. The van der Waals surface area contributed by atoms with Crippen molar-refractivity contribution in [3.8, 4) is 10.7 Å². The molecular formula is C13H13ClN4O2S. The minimum Gasteiger partial charge on any atom is -0.378 e. The number of aromatic nitrogens is 3. The molecular weight excluding hydrogens is 312 g/mol. The summed E-state index contributed by atoms with van der Waals surface area (Å²) in [6.45, 7) is 4.62. The summed E-state index contributed by atoms with van der Waals surface area (Å²) in [7, 11) is 0. The van der Waals surface area contributed by atoms with Gasteiger partial charge in [-0.1, -0.05) is 0 Å². The smallest absolute Gasteiger partial charge is 0.230 e. The van der Waals surface area contributed by atoms with E-state index in [2.05, 4.69) is 15.0 Å². The average Bonchev–Trinajstić information content (AvgIpc) is 2.89. The van der Waals surface area contributed by atoms with Crippen LogP contribution in [0.15, 0.2) is 6.07 Å². The van der Waals surface area contributed by atoms with Crippen LogP contribution in [0.2, 0.25) is 5.28 Å². The van der Waals surface area contributed by atoms with Crippen molar-refractivity contribution >= 4 is 35.2 Å². The molecule has 110 valence electrons. The second-order valence-electron chi connectivity index (χ2n) is 4.60. The number of hydrogen-bond acceptors (Lipinski definition) is 7. The lowest BCUT2D eigenvalue weighted by Gasteiger charge is -2.26. The normalized spacial score (nSPS) is 15.2. The van der Waals surface area contributed by atoms with Gasteiger partial charge < -0.3 is 9.64 Å². The highest BCUT2D eigenvalue weighted by atomic mass is 35.5. The van der Waals surface area contributed by atoms with Crippen LogP contribution in [0.25, 0.3) is 10.7 Å². The molecule has 0 aliphatic carbocycles. The van der Waals surface area contributed by atoms with Crippen LogP contribution in [-0.2, 0) is 4.74 Å². The molecule has 0 radical (unpaired) electrons. The van der Waals surface area contributed by atoms with Gasteiger partial charge in [0.05, 0.1) is 23.0 Å². The van der Waals surface area contributed by atoms with Gasteiger partial charge in [0.2, 0.25) is 11.2 Å². The van der Waals surface area contributed by atoms with E-state index in [1.165, 1.54) is 11.3 Å². The molecule has 0 bridgehead atoms. The lowest BCUT2D eigenvalue weighted by Crippen LogP contribution is -2.37. The summed E-state index contributed by atoms with van der Waals surface area (Å²) in [5.74, 6) is 1.05. The Morgan fingerprint density at radius 3 is 2.76 bits per heavy atom. The number of morpholine rings is 1. The quantitative estimate of drug-likeness (QED) is 0.806. The predicted octanol–water partition coefficient (Wildman–Crippen LogP) is 2.21. The molecule has 0 saturated carbocycles. The highest BCUT2D eigenvalue weighted by Gasteiger charge is 2.18. The van der Waals surface area contributed by atoms with Crippen LogP contribution in [0.3, 0.4) is 0 Å². The topological polar surface area (TPSA) is 68.2 Å². The van der Waals surface area contributed by atoms with E-state index in [4.69, 9.17) is 16.3 Å². The Morgan fingerprint density at radius 2 is 2.10 bits per heavy atom.